The Morgan fingerprint density at radius 2 is 2.20 bits per heavy atom. The van der Waals surface area contributed by atoms with E-state index in [1.54, 1.807) is 6.07 Å². The SMILES string of the molecule is CCC(NC(=O)c1ccc2c(c1)CCN2)C(=O)OC.Cl. The average molecular weight is 299 g/mol. The molecule has 6 heteroatoms. The van der Waals surface area contributed by atoms with Crippen molar-refractivity contribution in [1.29, 1.82) is 0 Å². The van der Waals surface area contributed by atoms with E-state index in [1.165, 1.54) is 7.11 Å². The maximum absolute atomic E-state index is 12.1. The number of rotatable bonds is 4. The lowest BCUT2D eigenvalue weighted by Gasteiger charge is -2.14. The molecular formula is C14H19ClN2O3. The molecule has 1 aliphatic rings. The zero-order valence-electron chi connectivity index (χ0n) is 11.6. The number of anilines is 1. The molecule has 0 bridgehead atoms. The smallest absolute Gasteiger partial charge is 0.328 e. The van der Waals surface area contributed by atoms with E-state index in [2.05, 4.69) is 15.4 Å². The molecule has 0 aromatic heterocycles. The van der Waals surface area contributed by atoms with Gasteiger partial charge in [0.05, 0.1) is 7.11 Å². The summed E-state index contributed by atoms with van der Waals surface area (Å²) in [5.41, 5.74) is 2.79. The average Bonchev–Trinajstić information content (AvgIpc) is 2.90. The normalized spacial score (nSPS) is 13.5. The summed E-state index contributed by atoms with van der Waals surface area (Å²) in [7, 11) is 1.32. The lowest BCUT2D eigenvalue weighted by atomic mass is 10.1. The summed E-state index contributed by atoms with van der Waals surface area (Å²) in [6.07, 6.45) is 1.43. The van der Waals surface area contributed by atoms with E-state index in [4.69, 9.17) is 0 Å². The van der Waals surface area contributed by atoms with E-state index in [0.717, 1.165) is 24.2 Å². The highest BCUT2D eigenvalue weighted by atomic mass is 35.5. The molecule has 20 heavy (non-hydrogen) atoms. The van der Waals surface area contributed by atoms with Crippen LogP contribution in [0.15, 0.2) is 18.2 Å². The van der Waals surface area contributed by atoms with Crippen molar-refractivity contribution < 1.29 is 14.3 Å². The molecule has 1 aromatic rings. The van der Waals surface area contributed by atoms with Crippen molar-refractivity contribution in [3.63, 3.8) is 0 Å². The highest BCUT2D eigenvalue weighted by molar-refractivity contribution is 5.97. The van der Waals surface area contributed by atoms with E-state index >= 15 is 0 Å². The number of methoxy groups -OCH3 is 1. The summed E-state index contributed by atoms with van der Waals surface area (Å²) < 4.78 is 4.65. The highest BCUT2D eigenvalue weighted by Gasteiger charge is 2.21. The van der Waals surface area contributed by atoms with Gasteiger partial charge in [0.15, 0.2) is 0 Å². The summed E-state index contributed by atoms with van der Waals surface area (Å²) >= 11 is 0. The molecule has 2 N–H and O–H groups in total. The molecular weight excluding hydrogens is 280 g/mol. The van der Waals surface area contributed by atoms with Crippen LogP contribution in [0.4, 0.5) is 5.69 Å². The van der Waals surface area contributed by atoms with Gasteiger partial charge >= 0.3 is 5.97 Å². The van der Waals surface area contributed by atoms with Crippen LogP contribution in [0, 0.1) is 0 Å². The Kier molecular flexibility index (Phi) is 5.82. The van der Waals surface area contributed by atoms with E-state index in [0.29, 0.717) is 12.0 Å². The first-order valence-electron chi connectivity index (χ1n) is 6.41. The van der Waals surface area contributed by atoms with Gasteiger partial charge in [0.25, 0.3) is 5.91 Å². The molecule has 1 aromatic carbocycles. The van der Waals surface area contributed by atoms with Gasteiger partial charge in [-0.2, -0.15) is 0 Å². The van der Waals surface area contributed by atoms with Crippen LogP contribution in [0.25, 0.3) is 0 Å². The molecule has 1 aliphatic heterocycles. The number of hydrogen-bond donors (Lipinski definition) is 2. The van der Waals surface area contributed by atoms with Crippen molar-refractivity contribution in [2.75, 3.05) is 19.0 Å². The molecule has 0 saturated carbocycles. The van der Waals surface area contributed by atoms with Crippen molar-refractivity contribution in [2.24, 2.45) is 0 Å². The molecule has 5 nitrogen and oxygen atoms in total. The third kappa shape index (κ3) is 3.42. The van der Waals surface area contributed by atoms with Crippen LogP contribution < -0.4 is 10.6 Å². The Bertz CT molecular complexity index is 505. The van der Waals surface area contributed by atoms with Gasteiger partial charge < -0.3 is 15.4 Å². The highest BCUT2D eigenvalue weighted by Crippen LogP contribution is 2.22. The quantitative estimate of drug-likeness (QED) is 0.831. The summed E-state index contributed by atoms with van der Waals surface area (Å²) in [6.45, 7) is 2.73. The minimum absolute atomic E-state index is 0. The van der Waals surface area contributed by atoms with Crippen LogP contribution in [-0.2, 0) is 16.0 Å². The molecule has 2 rings (SSSR count). The second-order valence-corrected chi connectivity index (χ2v) is 4.51. The molecule has 1 atom stereocenters. The maximum Gasteiger partial charge on any atom is 0.328 e. The molecule has 0 aliphatic carbocycles. The van der Waals surface area contributed by atoms with E-state index in [-0.39, 0.29) is 18.3 Å². The summed E-state index contributed by atoms with van der Waals surface area (Å²) in [6, 6.07) is 4.94. The number of fused-ring (bicyclic) bond motifs is 1. The predicted molar refractivity (Wildman–Crippen MR) is 79.4 cm³/mol. The molecule has 0 fully saturated rings. The van der Waals surface area contributed by atoms with Gasteiger partial charge in [-0.05, 0) is 36.6 Å². The number of halogens is 1. The number of benzene rings is 1. The largest absolute Gasteiger partial charge is 0.467 e. The van der Waals surface area contributed by atoms with Gasteiger partial charge in [-0.3, -0.25) is 4.79 Å². The molecule has 0 saturated heterocycles. The standard InChI is InChI=1S/C14H18N2O3.ClH/c1-3-11(14(18)19-2)16-13(17)10-4-5-12-9(8-10)6-7-15-12;/h4-5,8,11,15H,3,6-7H2,1-2H3,(H,16,17);1H. The lowest BCUT2D eigenvalue weighted by molar-refractivity contribution is -0.142. The van der Waals surface area contributed by atoms with Crippen LogP contribution in [0.5, 0.6) is 0 Å². The van der Waals surface area contributed by atoms with E-state index < -0.39 is 12.0 Å². The van der Waals surface area contributed by atoms with E-state index in [1.807, 2.05) is 19.1 Å². The van der Waals surface area contributed by atoms with Crippen molar-refractivity contribution in [2.45, 2.75) is 25.8 Å². The fourth-order valence-corrected chi connectivity index (χ4v) is 2.16. The van der Waals surface area contributed by atoms with Crippen LogP contribution in [0.2, 0.25) is 0 Å². The zero-order chi connectivity index (χ0) is 13.8. The number of esters is 1. The topological polar surface area (TPSA) is 67.4 Å². The molecule has 0 spiro atoms. The summed E-state index contributed by atoms with van der Waals surface area (Å²) in [4.78, 5) is 23.5. The Balaban J connectivity index is 0.00000200. The number of amides is 1. The van der Waals surface area contributed by atoms with Gasteiger partial charge in [0, 0.05) is 17.8 Å². The first-order chi connectivity index (χ1) is 9.15. The maximum atomic E-state index is 12.1. The molecule has 0 radical (unpaired) electrons. The zero-order valence-corrected chi connectivity index (χ0v) is 12.4. The number of ether oxygens (including phenoxy) is 1. The van der Waals surface area contributed by atoms with E-state index in [9.17, 15) is 9.59 Å². The molecule has 1 heterocycles. The number of carbonyl (C=O) groups excluding carboxylic acids is 2. The Morgan fingerprint density at radius 1 is 1.45 bits per heavy atom. The van der Waals surface area contributed by atoms with Crippen LogP contribution in [-0.4, -0.2) is 31.6 Å². The Hall–Kier alpha value is -1.75. The minimum atomic E-state index is -0.594. The lowest BCUT2D eigenvalue weighted by Crippen LogP contribution is -2.41. The Morgan fingerprint density at radius 3 is 2.85 bits per heavy atom. The number of nitrogens with one attached hydrogen (secondary N) is 2. The van der Waals surface area contributed by atoms with Crippen LogP contribution in [0.3, 0.4) is 0 Å². The Labute approximate surface area is 124 Å². The fraction of sp³-hybridized carbons (Fsp3) is 0.429. The van der Waals surface area contributed by atoms with Crippen molar-refractivity contribution >= 4 is 30.0 Å². The molecule has 1 amide bonds. The monoisotopic (exact) mass is 298 g/mol. The number of carbonyl (C=O) groups is 2. The second kappa shape index (κ2) is 7.14. The van der Waals surface area contributed by atoms with Crippen molar-refractivity contribution in [3.8, 4) is 0 Å². The second-order valence-electron chi connectivity index (χ2n) is 4.51. The third-order valence-corrected chi connectivity index (χ3v) is 3.28. The van der Waals surface area contributed by atoms with Crippen LogP contribution >= 0.6 is 12.4 Å². The van der Waals surface area contributed by atoms with Crippen molar-refractivity contribution in [3.05, 3.63) is 29.3 Å². The number of hydrogen-bond acceptors (Lipinski definition) is 4. The van der Waals surface area contributed by atoms with Crippen LogP contribution in [0.1, 0.15) is 29.3 Å². The van der Waals surface area contributed by atoms with Gasteiger partial charge in [-0.25, -0.2) is 4.79 Å². The first-order valence-corrected chi connectivity index (χ1v) is 6.41. The fourth-order valence-electron chi connectivity index (χ4n) is 2.16. The van der Waals surface area contributed by atoms with Gasteiger partial charge in [-0.15, -0.1) is 12.4 Å². The molecule has 1 unspecified atom stereocenters. The summed E-state index contributed by atoms with van der Waals surface area (Å²) in [5.74, 6) is -0.661. The molecule has 110 valence electrons. The first kappa shape index (κ1) is 16.3. The van der Waals surface area contributed by atoms with Gasteiger partial charge in [-0.1, -0.05) is 6.92 Å². The minimum Gasteiger partial charge on any atom is -0.467 e. The van der Waals surface area contributed by atoms with Gasteiger partial charge in [0.2, 0.25) is 0 Å². The third-order valence-electron chi connectivity index (χ3n) is 3.28. The summed E-state index contributed by atoms with van der Waals surface area (Å²) in [5, 5.41) is 5.93. The van der Waals surface area contributed by atoms with Gasteiger partial charge in [0.1, 0.15) is 6.04 Å². The predicted octanol–water partition coefficient (Wildman–Crippen LogP) is 1.76. The van der Waals surface area contributed by atoms with Crippen molar-refractivity contribution in [1.82, 2.24) is 5.32 Å².